The third-order valence-electron chi connectivity index (χ3n) is 7.62. The Morgan fingerprint density at radius 2 is 1.71 bits per heavy atom. The standard InChI is InChI=1S/C20H29NO6S/c22-17(21(15-1-2-15)16-3-4-28(25,26)11-16)10-27-18(23)19-6-13-5-14(7-19)9-20(24,8-13)12-19/h13-16,24H,1-12H2/t13-,14-,16+,19?,20?/m1/s1. The molecule has 28 heavy (non-hydrogen) atoms. The van der Waals surface area contributed by atoms with E-state index in [1.54, 1.807) is 4.90 Å². The molecule has 1 saturated heterocycles. The Bertz CT molecular complexity index is 790. The average Bonchev–Trinajstić information content (AvgIpc) is 3.33. The topological polar surface area (TPSA) is 101 Å². The van der Waals surface area contributed by atoms with E-state index in [2.05, 4.69) is 0 Å². The van der Waals surface area contributed by atoms with Crippen molar-refractivity contribution >= 4 is 21.7 Å². The van der Waals surface area contributed by atoms with E-state index in [0.29, 0.717) is 24.7 Å². The summed E-state index contributed by atoms with van der Waals surface area (Å²) in [7, 11) is -3.08. The van der Waals surface area contributed by atoms with Crippen molar-refractivity contribution in [3.8, 4) is 0 Å². The molecule has 0 unspecified atom stereocenters. The van der Waals surface area contributed by atoms with E-state index < -0.39 is 20.9 Å². The van der Waals surface area contributed by atoms with Crippen LogP contribution in [0.5, 0.6) is 0 Å². The van der Waals surface area contributed by atoms with Crippen molar-refractivity contribution in [1.29, 1.82) is 0 Å². The monoisotopic (exact) mass is 411 g/mol. The van der Waals surface area contributed by atoms with Gasteiger partial charge < -0.3 is 14.7 Å². The Balaban J connectivity index is 1.24. The molecule has 6 aliphatic rings. The maximum absolute atomic E-state index is 13.0. The SMILES string of the molecule is O=C(COC(=O)C12C[C@H]3C[C@@H](CC(O)(C3)C1)C2)N(C1CC1)[C@H]1CCS(=O)(=O)C1. The minimum atomic E-state index is -3.08. The van der Waals surface area contributed by atoms with Gasteiger partial charge in [0.2, 0.25) is 0 Å². The summed E-state index contributed by atoms with van der Waals surface area (Å²) in [6, 6.07) is -0.200. The van der Waals surface area contributed by atoms with Gasteiger partial charge in [-0.05, 0) is 69.6 Å². The minimum absolute atomic E-state index is 0.0174. The Kier molecular flexibility index (Phi) is 4.16. The quantitative estimate of drug-likeness (QED) is 0.679. The van der Waals surface area contributed by atoms with E-state index in [-0.39, 0.29) is 42.1 Å². The zero-order valence-corrected chi connectivity index (χ0v) is 17.0. The summed E-state index contributed by atoms with van der Waals surface area (Å²) in [6.45, 7) is -0.318. The van der Waals surface area contributed by atoms with Crippen LogP contribution in [0.1, 0.15) is 57.8 Å². The molecule has 8 heteroatoms. The van der Waals surface area contributed by atoms with Crippen molar-refractivity contribution in [2.24, 2.45) is 17.3 Å². The van der Waals surface area contributed by atoms with E-state index >= 15 is 0 Å². The van der Waals surface area contributed by atoms with Crippen LogP contribution in [-0.2, 0) is 24.2 Å². The molecule has 0 aromatic heterocycles. The summed E-state index contributed by atoms with van der Waals surface area (Å²) in [6.07, 6.45) is 6.85. The Hall–Kier alpha value is -1.15. The molecule has 5 saturated carbocycles. The Labute approximate surface area is 165 Å². The summed E-state index contributed by atoms with van der Waals surface area (Å²) in [4.78, 5) is 27.5. The van der Waals surface area contributed by atoms with Crippen molar-refractivity contribution < 1.29 is 27.9 Å². The lowest BCUT2D eigenvalue weighted by Crippen LogP contribution is -2.58. The van der Waals surface area contributed by atoms with E-state index in [9.17, 15) is 23.1 Å². The Morgan fingerprint density at radius 3 is 2.25 bits per heavy atom. The highest BCUT2D eigenvalue weighted by Crippen LogP contribution is 2.62. The molecule has 1 aliphatic heterocycles. The van der Waals surface area contributed by atoms with Crippen molar-refractivity contribution in [3.63, 3.8) is 0 Å². The zero-order valence-electron chi connectivity index (χ0n) is 16.1. The molecule has 1 heterocycles. The molecule has 0 aromatic rings. The molecule has 156 valence electrons. The summed E-state index contributed by atoms with van der Waals surface area (Å²) in [5.41, 5.74) is -1.38. The summed E-state index contributed by atoms with van der Waals surface area (Å²) in [5.74, 6) is 0.272. The van der Waals surface area contributed by atoms with Gasteiger partial charge in [-0.1, -0.05) is 0 Å². The fraction of sp³-hybridized carbons (Fsp3) is 0.900. The smallest absolute Gasteiger partial charge is 0.312 e. The van der Waals surface area contributed by atoms with E-state index in [0.717, 1.165) is 44.9 Å². The van der Waals surface area contributed by atoms with Gasteiger partial charge in [0, 0.05) is 12.1 Å². The molecule has 4 bridgehead atoms. The first-order valence-electron chi connectivity index (χ1n) is 10.6. The summed E-state index contributed by atoms with van der Waals surface area (Å²) in [5, 5.41) is 10.8. The third-order valence-corrected chi connectivity index (χ3v) is 9.37. The summed E-state index contributed by atoms with van der Waals surface area (Å²) >= 11 is 0. The van der Waals surface area contributed by atoms with Crippen LogP contribution >= 0.6 is 0 Å². The number of aliphatic hydroxyl groups is 1. The van der Waals surface area contributed by atoms with Gasteiger partial charge in [0.1, 0.15) is 0 Å². The maximum Gasteiger partial charge on any atom is 0.312 e. The Morgan fingerprint density at radius 1 is 1.04 bits per heavy atom. The molecular weight excluding hydrogens is 382 g/mol. The fourth-order valence-electron chi connectivity index (χ4n) is 6.86. The lowest BCUT2D eigenvalue weighted by atomic mass is 9.48. The van der Waals surface area contributed by atoms with Crippen LogP contribution in [0, 0.1) is 17.3 Å². The highest BCUT2D eigenvalue weighted by atomic mass is 32.2. The second-order valence-electron chi connectivity index (χ2n) is 10.1. The number of ether oxygens (including phenoxy) is 1. The summed E-state index contributed by atoms with van der Waals surface area (Å²) < 4.78 is 29.2. The first kappa shape index (κ1) is 18.9. The second-order valence-corrected chi connectivity index (χ2v) is 12.4. The number of carbonyl (C=O) groups excluding carboxylic acids is 2. The molecule has 1 amide bonds. The maximum atomic E-state index is 13.0. The average molecular weight is 412 g/mol. The third kappa shape index (κ3) is 3.26. The van der Waals surface area contributed by atoms with Gasteiger partial charge in [-0.15, -0.1) is 0 Å². The second kappa shape index (κ2) is 6.17. The largest absolute Gasteiger partial charge is 0.455 e. The number of hydrogen-bond donors (Lipinski definition) is 1. The lowest BCUT2D eigenvalue weighted by molar-refractivity contribution is -0.197. The number of nitrogens with zero attached hydrogens (tertiary/aromatic N) is 1. The van der Waals surface area contributed by atoms with Gasteiger partial charge in [-0.2, -0.15) is 0 Å². The van der Waals surface area contributed by atoms with Gasteiger partial charge in [0.05, 0.1) is 22.5 Å². The molecule has 6 fully saturated rings. The normalized spacial score (nSPS) is 43.1. The van der Waals surface area contributed by atoms with Crippen molar-refractivity contribution in [2.45, 2.75) is 75.5 Å². The van der Waals surface area contributed by atoms with E-state index in [1.807, 2.05) is 0 Å². The molecule has 0 spiro atoms. The number of sulfone groups is 1. The fourth-order valence-corrected chi connectivity index (χ4v) is 8.57. The van der Waals surface area contributed by atoms with Gasteiger partial charge in [0.15, 0.2) is 16.4 Å². The molecule has 1 N–H and O–H groups in total. The number of carbonyl (C=O) groups is 2. The first-order valence-corrected chi connectivity index (χ1v) is 12.4. The molecule has 5 aliphatic carbocycles. The van der Waals surface area contributed by atoms with E-state index in [1.165, 1.54) is 0 Å². The number of hydrogen-bond acceptors (Lipinski definition) is 6. The van der Waals surface area contributed by atoms with Gasteiger partial charge in [0.25, 0.3) is 5.91 Å². The lowest BCUT2D eigenvalue weighted by Gasteiger charge is -2.58. The highest BCUT2D eigenvalue weighted by molar-refractivity contribution is 7.91. The van der Waals surface area contributed by atoms with Crippen molar-refractivity contribution in [2.75, 3.05) is 18.1 Å². The van der Waals surface area contributed by atoms with Crippen LogP contribution in [0.4, 0.5) is 0 Å². The molecule has 6 rings (SSSR count). The van der Waals surface area contributed by atoms with Crippen molar-refractivity contribution in [3.05, 3.63) is 0 Å². The molecule has 0 aromatic carbocycles. The molecule has 7 nitrogen and oxygen atoms in total. The van der Waals surface area contributed by atoms with Gasteiger partial charge >= 0.3 is 5.97 Å². The van der Waals surface area contributed by atoms with Crippen LogP contribution in [0.2, 0.25) is 0 Å². The van der Waals surface area contributed by atoms with Crippen molar-refractivity contribution in [1.82, 2.24) is 4.90 Å². The van der Waals surface area contributed by atoms with E-state index in [4.69, 9.17) is 4.74 Å². The van der Waals surface area contributed by atoms with Crippen LogP contribution in [0.25, 0.3) is 0 Å². The highest BCUT2D eigenvalue weighted by Gasteiger charge is 2.61. The molecule has 3 atom stereocenters. The van der Waals surface area contributed by atoms with Crippen LogP contribution in [0.3, 0.4) is 0 Å². The number of rotatable bonds is 5. The number of esters is 1. The van der Waals surface area contributed by atoms with Gasteiger partial charge in [-0.3, -0.25) is 9.59 Å². The number of amides is 1. The van der Waals surface area contributed by atoms with Gasteiger partial charge in [-0.25, -0.2) is 8.42 Å². The van der Waals surface area contributed by atoms with Crippen LogP contribution < -0.4 is 0 Å². The molecule has 0 radical (unpaired) electrons. The predicted molar refractivity (Wildman–Crippen MR) is 100.0 cm³/mol. The minimum Gasteiger partial charge on any atom is -0.455 e. The van der Waals surface area contributed by atoms with Crippen LogP contribution in [-0.4, -0.2) is 66.1 Å². The van der Waals surface area contributed by atoms with Crippen LogP contribution in [0.15, 0.2) is 0 Å². The first-order chi connectivity index (χ1) is 13.2. The predicted octanol–water partition coefficient (Wildman–Crippen LogP) is 1.04. The zero-order chi connectivity index (χ0) is 19.7. The molecular formula is C20H29NO6S.